The predicted octanol–water partition coefficient (Wildman–Crippen LogP) is 0.476. The van der Waals surface area contributed by atoms with Gasteiger partial charge >= 0.3 is 86.1 Å². The summed E-state index contributed by atoms with van der Waals surface area (Å²) < 4.78 is 1.39. The molecule has 1 fully saturated rings. The zero-order valence-corrected chi connectivity index (χ0v) is 9.81. The Labute approximate surface area is 86.1 Å². The fourth-order valence-corrected chi connectivity index (χ4v) is 2.12. The normalized spacial score (nSPS) is 16.9. The van der Waals surface area contributed by atoms with Crippen LogP contribution in [0.4, 0.5) is 5.82 Å². The van der Waals surface area contributed by atoms with Crippen molar-refractivity contribution in [1.29, 1.82) is 0 Å². The maximum absolute atomic E-state index is 4.36. The Morgan fingerprint density at radius 3 is 2.75 bits per heavy atom. The molecular weight excluding hydrogens is 255 g/mol. The van der Waals surface area contributed by atoms with Gasteiger partial charge in [-0.05, 0) is 0 Å². The van der Waals surface area contributed by atoms with E-state index in [1.54, 1.807) is 0 Å². The van der Waals surface area contributed by atoms with Gasteiger partial charge in [0.25, 0.3) is 0 Å². The third-order valence-corrected chi connectivity index (χ3v) is 3.06. The van der Waals surface area contributed by atoms with Crippen LogP contribution in [-0.2, 0) is 0 Å². The summed E-state index contributed by atoms with van der Waals surface area (Å²) in [7, 11) is 0. The first-order valence-electron chi connectivity index (χ1n) is 4.29. The Morgan fingerprint density at radius 1 is 1.33 bits per heavy atom. The SMILES string of the molecule is [Sn][c]1ccnc(N2CCCC2)c1. The summed E-state index contributed by atoms with van der Waals surface area (Å²) in [4.78, 5) is 6.73. The summed E-state index contributed by atoms with van der Waals surface area (Å²) in [5, 5.41) is 0. The zero-order valence-electron chi connectivity index (χ0n) is 6.95. The Morgan fingerprint density at radius 2 is 2.08 bits per heavy atom. The van der Waals surface area contributed by atoms with Crippen LogP contribution in [0.25, 0.3) is 0 Å². The van der Waals surface area contributed by atoms with E-state index in [0.29, 0.717) is 0 Å². The van der Waals surface area contributed by atoms with Crippen molar-refractivity contribution in [2.24, 2.45) is 0 Å². The first-order chi connectivity index (χ1) is 5.86. The number of anilines is 1. The molecule has 0 aromatic carbocycles. The first kappa shape index (κ1) is 8.35. The van der Waals surface area contributed by atoms with Crippen molar-refractivity contribution < 1.29 is 0 Å². The molecule has 12 heavy (non-hydrogen) atoms. The summed E-state index contributed by atoms with van der Waals surface area (Å²) in [5.41, 5.74) is 0. The monoisotopic (exact) mass is 267 g/mol. The molecule has 1 saturated heterocycles. The molecule has 1 aliphatic heterocycles. The molecule has 1 aromatic heterocycles. The van der Waals surface area contributed by atoms with Gasteiger partial charge in [0.1, 0.15) is 0 Å². The molecule has 0 unspecified atom stereocenters. The van der Waals surface area contributed by atoms with Crippen LogP contribution < -0.4 is 8.48 Å². The van der Waals surface area contributed by atoms with Gasteiger partial charge in [-0.15, -0.1) is 0 Å². The number of pyridine rings is 1. The van der Waals surface area contributed by atoms with Gasteiger partial charge in [-0.3, -0.25) is 0 Å². The second-order valence-electron chi connectivity index (χ2n) is 3.10. The fraction of sp³-hybridized carbons (Fsp3) is 0.444. The van der Waals surface area contributed by atoms with Gasteiger partial charge in [-0.25, -0.2) is 0 Å². The Hall–Kier alpha value is -0.251. The van der Waals surface area contributed by atoms with Crippen LogP contribution in [0, 0.1) is 0 Å². The summed E-state index contributed by atoms with van der Waals surface area (Å²) in [5.74, 6) is 1.17. The molecular formula is C9H11N2Sn. The number of rotatable bonds is 1. The van der Waals surface area contributed by atoms with E-state index in [-0.39, 0.29) is 0 Å². The van der Waals surface area contributed by atoms with Crippen LogP contribution in [-0.4, -0.2) is 40.6 Å². The van der Waals surface area contributed by atoms with Gasteiger partial charge in [0, 0.05) is 0 Å². The second-order valence-corrected chi connectivity index (χ2v) is 4.74. The maximum atomic E-state index is 4.36. The first-order valence-corrected chi connectivity index (χ1v) is 5.71. The Balaban J connectivity index is 2.21. The van der Waals surface area contributed by atoms with Crippen molar-refractivity contribution in [3.63, 3.8) is 0 Å². The molecule has 0 amide bonds. The molecule has 2 nitrogen and oxygen atoms in total. The molecule has 0 bridgehead atoms. The van der Waals surface area contributed by atoms with E-state index in [4.69, 9.17) is 0 Å². The molecule has 3 heteroatoms. The van der Waals surface area contributed by atoms with Gasteiger partial charge in [0.15, 0.2) is 0 Å². The summed E-state index contributed by atoms with van der Waals surface area (Å²) >= 11 is 1.47. The molecule has 0 spiro atoms. The van der Waals surface area contributed by atoms with Crippen LogP contribution in [0.2, 0.25) is 0 Å². The third-order valence-electron chi connectivity index (χ3n) is 2.18. The van der Waals surface area contributed by atoms with Gasteiger partial charge in [0.2, 0.25) is 0 Å². The van der Waals surface area contributed by atoms with Crippen molar-refractivity contribution in [3.8, 4) is 0 Å². The Bertz CT molecular complexity index is 269. The van der Waals surface area contributed by atoms with Crippen LogP contribution in [0.1, 0.15) is 12.8 Å². The van der Waals surface area contributed by atoms with E-state index in [9.17, 15) is 0 Å². The minimum absolute atomic E-state index is 1.17. The molecule has 61 valence electrons. The molecule has 1 aromatic rings. The van der Waals surface area contributed by atoms with E-state index in [0.717, 1.165) is 0 Å². The molecule has 3 radical (unpaired) electrons. The van der Waals surface area contributed by atoms with Gasteiger partial charge in [-0.2, -0.15) is 0 Å². The number of nitrogens with zero attached hydrogens (tertiary/aromatic N) is 2. The summed E-state index contributed by atoms with van der Waals surface area (Å²) in [6.07, 6.45) is 4.56. The van der Waals surface area contributed by atoms with Crippen LogP contribution in [0.5, 0.6) is 0 Å². The Kier molecular flexibility index (Phi) is 2.53. The molecule has 1 aliphatic rings. The molecule has 0 saturated carbocycles. The van der Waals surface area contributed by atoms with E-state index < -0.39 is 0 Å². The minimum atomic E-state index is 1.17. The number of aromatic nitrogens is 1. The average Bonchev–Trinajstić information content (AvgIpc) is 2.56. The van der Waals surface area contributed by atoms with Gasteiger partial charge < -0.3 is 0 Å². The number of hydrogen-bond acceptors (Lipinski definition) is 2. The average molecular weight is 266 g/mol. The third kappa shape index (κ3) is 1.73. The van der Waals surface area contributed by atoms with E-state index >= 15 is 0 Å². The number of hydrogen-bond donors (Lipinski definition) is 0. The summed E-state index contributed by atoms with van der Waals surface area (Å²) in [6.45, 7) is 2.37. The second kappa shape index (κ2) is 3.64. The standard InChI is InChI=1S/C9H11N2.Sn/c1-2-6-10-9(5-1)11-7-3-4-8-11;/h2,5-6H,3-4,7-8H2;. The van der Waals surface area contributed by atoms with Crippen molar-refractivity contribution in [3.05, 3.63) is 18.3 Å². The topological polar surface area (TPSA) is 16.1 Å². The van der Waals surface area contributed by atoms with Crippen LogP contribution in [0.15, 0.2) is 18.3 Å². The van der Waals surface area contributed by atoms with Gasteiger partial charge in [0.05, 0.1) is 0 Å². The van der Waals surface area contributed by atoms with Crippen molar-refractivity contribution in [1.82, 2.24) is 4.98 Å². The van der Waals surface area contributed by atoms with Crippen molar-refractivity contribution >= 4 is 31.9 Å². The van der Waals surface area contributed by atoms with E-state index in [1.807, 2.05) is 6.20 Å². The fourth-order valence-electron chi connectivity index (χ4n) is 1.54. The predicted molar refractivity (Wildman–Crippen MR) is 51.1 cm³/mol. The molecule has 0 atom stereocenters. The van der Waals surface area contributed by atoms with Gasteiger partial charge in [-0.1, -0.05) is 0 Å². The van der Waals surface area contributed by atoms with E-state index in [2.05, 4.69) is 22.0 Å². The molecule has 0 N–H and O–H groups in total. The van der Waals surface area contributed by atoms with Crippen LogP contribution >= 0.6 is 0 Å². The summed E-state index contributed by atoms with van der Waals surface area (Å²) in [6, 6.07) is 4.28. The molecule has 0 aliphatic carbocycles. The van der Waals surface area contributed by atoms with Crippen molar-refractivity contribution in [2.45, 2.75) is 12.8 Å². The quantitative estimate of drug-likeness (QED) is 0.687. The van der Waals surface area contributed by atoms with Crippen LogP contribution in [0.3, 0.4) is 0 Å². The molecule has 2 rings (SSSR count). The molecule has 2 heterocycles. The zero-order chi connectivity index (χ0) is 8.39. The van der Waals surface area contributed by atoms with Crippen molar-refractivity contribution in [2.75, 3.05) is 18.0 Å². The van der Waals surface area contributed by atoms with E-state index in [1.165, 1.54) is 57.9 Å².